The molecule has 9 heteroatoms. The fourth-order valence-corrected chi connectivity index (χ4v) is 5.64. The Morgan fingerprint density at radius 1 is 1.03 bits per heavy atom. The lowest BCUT2D eigenvalue weighted by Gasteiger charge is -2.13. The molecule has 0 saturated carbocycles. The van der Waals surface area contributed by atoms with Crippen LogP contribution >= 0.6 is 0 Å². The summed E-state index contributed by atoms with van der Waals surface area (Å²) in [5.41, 5.74) is 2.69. The molecular formula is C24H26N2O6S. The summed E-state index contributed by atoms with van der Waals surface area (Å²) in [6, 6.07) is 7.79. The minimum Gasteiger partial charge on any atom is -0.465 e. The summed E-state index contributed by atoms with van der Waals surface area (Å²) in [5.74, 6) is -0.552. The number of aryl methyl sites for hydroxylation is 2. The number of amides is 1. The lowest BCUT2D eigenvalue weighted by Crippen LogP contribution is -2.27. The van der Waals surface area contributed by atoms with Gasteiger partial charge in [-0.15, -0.1) is 0 Å². The molecule has 0 atom stereocenters. The van der Waals surface area contributed by atoms with E-state index in [1.54, 1.807) is 18.7 Å². The van der Waals surface area contributed by atoms with E-state index >= 15 is 0 Å². The van der Waals surface area contributed by atoms with E-state index in [4.69, 9.17) is 4.42 Å². The molecule has 0 aliphatic carbocycles. The van der Waals surface area contributed by atoms with Gasteiger partial charge in [0.25, 0.3) is 15.9 Å². The molecule has 1 saturated heterocycles. The second-order valence-corrected chi connectivity index (χ2v) is 9.87. The van der Waals surface area contributed by atoms with Gasteiger partial charge in [-0.25, -0.2) is 13.2 Å². The first kappa shape index (κ1) is 22.8. The highest BCUT2D eigenvalue weighted by molar-refractivity contribution is 7.93. The second kappa shape index (κ2) is 8.55. The van der Waals surface area contributed by atoms with Crippen LogP contribution in [0.1, 0.15) is 50.4 Å². The van der Waals surface area contributed by atoms with Crippen LogP contribution in [0.2, 0.25) is 0 Å². The number of nitrogens with one attached hydrogen (secondary N) is 1. The van der Waals surface area contributed by atoms with E-state index in [1.165, 1.54) is 31.4 Å². The van der Waals surface area contributed by atoms with Gasteiger partial charge in [0, 0.05) is 29.7 Å². The van der Waals surface area contributed by atoms with Crippen molar-refractivity contribution in [2.45, 2.75) is 38.5 Å². The number of methoxy groups -OCH3 is 1. The maximum Gasteiger partial charge on any atom is 0.337 e. The number of rotatable bonds is 5. The molecule has 0 radical (unpaired) electrons. The third kappa shape index (κ3) is 4.08. The molecule has 3 aromatic rings. The monoisotopic (exact) mass is 470 g/mol. The van der Waals surface area contributed by atoms with Gasteiger partial charge in [0.2, 0.25) is 0 Å². The number of hydrogen-bond donors (Lipinski definition) is 1. The number of esters is 1. The van der Waals surface area contributed by atoms with E-state index in [0.717, 1.165) is 18.4 Å². The molecule has 1 amide bonds. The number of likely N-dealkylation sites (tertiary alicyclic amines) is 1. The predicted molar refractivity (Wildman–Crippen MR) is 124 cm³/mol. The van der Waals surface area contributed by atoms with Crippen molar-refractivity contribution in [2.75, 3.05) is 24.9 Å². The van der Waals surface area contributed by atoms with Crippen molar-refractivity contribution < 1.29 is 27.2 Å². The van der Waals surface area contributed by atoms with Crippen molar-refractivity contribution in [3.05, 3.63) is 58.3 Å². The molecule has 0 spiro atoms. The van der Waals surface area contributed by atoms with Crippen molar-refractivity contribution in [1.29, 1.82) is 0 Å². The number of ether oxygens (including phenoxy) is 1. The third-order valence-electron chi connectivity index (χ3n) is 6.11. The highest BCUT2D eigenvalue weighted by Crippen LogP contribution is 2.36. The van der Waals surface area contributed by atoms with E-state index in [0.29, 0.717) is 35.2 Å². The number of fused-ring (bicyclic) bond motifs is 1. The first-order valence-electron chi connectivity index (χ1n) is 10.7. The first-order valence-corrected chi connectivity index (χ1v) is 12.2. The fourth-order valence-electron chi connectivity index (χ4n) is 4.13. The van der Waals surface area contributed by atoms with Gasteiger partial charge in [-0.1, -0.05) is 0 Å². The average Bonchev–Trinajstić information content (AvgIpc) is 3.43. The molecule has 1 N–H and O–H groups in total. The van der Waals surface area contributed by atoms with Crippen LogP contribution in [0, 0.1) is 20.8 Å². The summed E-state index contributed by atoms with van der Waals surface area (Å²) >= 11 is 0. The molecule has 33 heavy (non-hydrogen) atoms. The molecule has 2 heterocycles. The highest BCUT2D eigenvalue weighted by Gasteiger charge is 2.30. The van der Waals surface area contributed by atoms with E-state index < -0.39 is 16.0 Å². The number of anilines is 1. The van der Waals surface area contributed by atoms with E-state index in [1.807, 2.05) is 13.0 Å². The molecule has 174 valence electrons. The number of benzene rings is 2. The van der Waals surface area contributed by atoms with Gasteiger partial charge in [0.15, 0.2) is 11.3 Å². The van der Waals surface area contributed by atoms with Crippen molar-refractivity contribution in [1.82, 2.24) is 4.90 Å². The zero-order chi connectivity index (χ0) is 23.9. The van der Waals surface area contributed by atoms with Crippen LogP contribution in [0.15, 0.2) is 39.6 Å². The summed E-state index contributed by atoms with van der Waals surface area (Å²) in [7, 11) is -2.79. The third-order valence-corrected chi connectivity index (χ3v) is 7.64. The van der Waals surface area contributed by atoms with Crippen molar-refractivity contribution >= 4 is 38.6 Å². The second-order valence-electron chi connectivity index (χ2n) is 8.25. The molecule has 4 rings (SSSR count). The maximum atomic E-state index is 13.5. The molecule has 1 fully saturated rings. The van der Waals surface area contributed by atoms with Gasteiger partial charge < -0.3 is 14.1 Å². The number of nitrogens with zero attached hydrogens (tertiary/aromatic N) is 1. The topological polar surface area (TPSA) is 106 Å². The first-order chi connectivity index (χ1) is 15.6. The Morgan fingerprint density at radius 2 is 1.67 bits per heavy atom. The van der Waals surface area contributed by atoms with Crippen LogP contribution in [0.4, 0.5) is 5.69 Å². The summed E-state index contributed by atoms with van der Waals surface area (Å²) < 4.78 is 40.1. The minimum atomic E-state index is -4.06. The van der Waals surface area contributed by atoms with Crippen molar-refractivity contribution in [2.24, 2.45) is 0 Å². The number of hydrogen-bond acceptors (Lipinski definition) is 6. The molecular weight excluding hydrogens is 444 g/mol. The van der Waals surface area contributed by atoms with Gasteiger partial charge in [-0.2, -0.15) is 0 Å². The van der Waals surface area contributed by atoms with Gasteiger partial charge >= 0.3 is 5.97 Å². The molecule has 8 nitrogen and oxygen atoms in total. The Morgan fingerprint density at radius 3 is 2.27 bits per heavy atom. The van der Waals surface area contributed by atoms with Gasteiger partial charge in [0.1, 0.15) is 4.90 Å². The van der Waals surface area contributed by atoms with Crippen LogP contribution < -0.4 is 4.72 Å². The molecule has 2 aromatic carbocycles. The SMILES string of the molecule is COC(=O)c1ccc(NS(=O)(=O)c2c(C)c(C)cc3c(C)c(C(=O)N4CCCC4)oc23)cc1. The van der Waals surface area contributed by atoms with Crippen LogP contribution in [0.3, 0.4) is 0 Å². The Balaban J connectivity index is 1.78. The Kier molecular flexibility index (Phi) is 5.92. The Bertz CT molecular complexity index is 1350. The normalized spacial score (nSPS) is 14.0. The van der Waals surface area contributed by atoms with Gasteiger partial charge in [-0.3, -0.25) is 9.52 Å². The number of carbonyl (C=O) groups excluding carboxylic acids is 2. The Labute approximate surface area is 192 Å². The largest absolute Gasteiger partial charge is 0.465 e. The Hall–Kier alpha value is -3.33. The number of sulfonamides is 1. The van der Waals surface area contributed by atoms with Crippen molar-refractivity contribution in [3.63, 3.8) is 0 Å². The van der Waals surface area contributed by atoms with Crippen LogP contribution in [0.25, 0.3) is 11.0 Å². The maximum absolute atomic E-state index is 13.5. The molecule has 1 aromatic heterocycles. The lowest BCUT2D eigenvalue weighted by molar-refractivity contribution is 0.0600. The predicted octanol–water partition coefficient (Wildman–Crippen LogP) is 4.18. The van der Waals surface area contributed by atoms with E-state index in [-0.39, 0.29) is 27.8 Å². The minimum absolute atomic E-state index is 0.00174. The van der Waals surface area contributed by atoms with Crippen LogP contribution in [0.5, 0.6) is 0 Å². The smallest absolute Gasteiger partial charge is 0.337 e. The lowest BCUT2D eigenvalue weighted by atomic mass is 10.0. The van der Waals surface area contributed by atoms with E-state index in [9.17, 15) is 18.0 Å². The molecule has 0 bridgehead atoms. The van der Waals surface area contributed by atoms with Gasteiger partial charge in [-0.05, 0) is 75.1 Å². The van der Waals surface area contributed by atoms with Gasteiger partial charge in [0.05, 0.1) is 12.7 Å². The summed E-state index contributed by atoms with van der Waals surface area (Å²) in [5, 5.41) is 0.599. The molecule has 0 unspecified atom stereocenters. The van der Waals surface area contributed by atoms with Crippen LogP contribution in [-0.4, -0.2) is 45.4 Å². The quantitative estimate of drug-likeness (QED) is 0.561. The summed E-state index contributed by atoms with van der Waals surface area (Å²) in [6.45, 7) is 6.65. The van der Waals surface area contributed by atoms with E-state index in [2.05, 4.69) is 9.46 Å². The average molecular weight is 471 g/mol. The zero-order valence-electron chi connectivity index (χ0n) is 19.0. The standard InChI is InChI=1S/C24H26N2O6S/c1-14-13-19-16(3)20(23(27)26-11-5-6-12-26)32-21(19)22(15(14)2)33(29,30)25-18-9-7-17(8-10-18)24(28)31-4/h7-10,13,25H,5-6,11-12H2,1-4H3. The van der Waals surface area contributed by atoms with Crippen LogP contribution in [-0.2, 0) is 14.8 Å². The fraction of sp³-hybridized carbons (Fsp3) is 0.333. The molecule has 1 aliphatic rings. The number of carbonyl (C=O) groups is 2. The highest BCUT2D eigenvalue weighted by atomic mass is 32.2. The van der Waals surface area contributed by atoms with Crippen molar-refractivity contribution in [3.8, 4) is 0 Å². The molecule has 1 aliphatic heterocycles. The zero-order valence-corrected chi connectivity index (χ0v) is 19.8. The number of furan rings is 1. The summed E-state index contributed by atoms with van der Waals surface area (Å²) in [6.07, 6.45) is 1.89. The summed E-state index contributed by atoms with van der Waals surface area (Å²) in [4.78, 5) is 26.4.